The summed E-state index contributed by atoms with van der Waals surface area (Å²) in [7, 11) is -0.00440. The number of unbranched alkanes of at least 4 members (excludes halogenated alkanes) is 14. The highest BCUT2D eigenvalue weighted by atomic mass is 28.1. The molecule has 0 unspecified atom stereocenters. The summed E-state index contributed by atoms with van der Waals surface area (Å²) < 4.78 is 30.5. The Kier molecular flexibility index (Phi) is 16.9. The van der Waals surface area contributed by atoms with Crippen LogP contribution in [0.2, 0.25) is 0 Å². The molecule has 0 atom stereocenters. The van der Waals surface area contributed by atoms with E-state index < -0.39 is 5.55 Å². The summed E-state index contributed by atoms with van der Waals surface area (Å²) in [6.45, 7) is 5.74. The highest BCUT2D eigenvalue weighted by molar-refractivity contribution is 6.13. The van der Waals surface area contributed by atoms with Gasteiger partial charge in [0.05, 0.1) is 16.8 Å². The Morgan fingerprint density at radius 1 is 0.778 bits per heavy atom. The quantitative estimate of drug-likeness (QED) is 0.109. The summed E-state index contributed by atoms with van der Waals surface area (Å²) in [5, 5.41) is 0. The second-order valence-electron chi connectivity index (χ2n) is 8.04. The van der Waals surface area contributed by atoms with Crippen LogP contribution in [0, 0.1) is 0 Å². The van der Waals surface area contributed by atoms with Crippen molar-refractivity contribution < 1.29 is 18.3 Å². The fourth-order valence-corrected chi connectivity index (χ4v) is 3.48. The molecule has 0 amide bonds. The average molecular weight is 405 g/mol. The van der Waals surface area contributed by atoms with Crippen molar-refractivity contribution in [2.75, 3.05) is 6.61 Å². The molecule has 0 saturated heterocycles. The first-order valence-electron chi connectivity index (χ1n) is 11.0. The van der Waals surface area contributed by atoms with Crippen molar-refractivity contribution in [2.24, 2.45) is 0 Å². The average Bonchev–Trinajstić information content (AvgIpc) is 2.59. The molecule has 0 aliphatic rings. The Hall–Kier alpha value is -0.713. The van der Waals surface area contributed by atoms with Crippen LogP contribution in [-0.2, 0) is 9.53 Å². The fourth-order valence-electron chi connectivity index (χ4n) is 3.12. The number of carbonyl (C=O) groups excluding carboxylic acids is 1. The van der Waals surface area contributed by atoms with Crippen molar-refractivity contribution in [1.82, 2.24) is 0 Å². The van der Waals surface area contributed by atoms with Gasteiger partial charge >= 0.3 is 5.97 Å². The number of hydrogen-bond acceptors (Lipinski definition) is 2. The summed E-state index contributed by atoms with van der Waals surface area (Å²) >= 11 is 0. The molecule has 0 spiro atoms. The standard InChI is InChI=1S/C22H42F2O2Si/c1-20(2)21(25)26-19-17-15-13-11-9-7-5-3-4-6-8-10-12-14-16-18-22(23,24)27/h1,3-19H2,2,27H3. The van der Waals surface area contributed by atoms with Gasteiger partial charge in [0.2, 0.25) is 5.55 Å². The number of ether oxygens (including phenoxy) is 1. The minimum Gasteiger partial charge on any atom is -0.462 e. The van der Waals surface area contributed by atoms with E-state index in [-0.39, 0.29) is 22.6 Å². The second kappa shape index (κ2) is 17.4. The third kappa shape index (κ3) is 21.4. The van der Waals surface area contributed by atoms with E-state index in [4.69, 9.17) is 4.74 Å². The van der Waals surface area contributed by atoms with Gasteiger partial charge in [0, 0.05) is 12.0 Å². The lowest BCUT2D eigenvalue weighted by atomic mass is 10.0. The molecule has 160 valence electrons. The first kappa shape index (κ1) is 26.3. The minimum atomic E-state index is -2.35. The van der Waals surface area contributed by atoms with Gasteiger partial charge in [-0.15, -0.1) is 0 Å². The van der Waals surface area contributed by atoms with E-state index in [0.717, 1.165) is 25.7 Å². The zero-order valence-corrected chi connectivity index (χ0v) is 19.8. The number of esters is 1. The molecule has 0 aromatic rings. The summed E-state index contributed by atoms with van der Waals surface area (Å²) in [5.41, 5.74) is -1.88. The summed E-state index contributed by atoms with van der Waals surface area (Å²) in [6, 6.07) is 0. The molecule has 0 fully saturated rings. The van der Waals surface area contributed by atoms with Crippen molar-refractivity contribution in [3.05, 3.63) is 12.2 Å². The molecule has 0 saturated carbocycles. The Morgan fingerprint density at radius 3 is 1.44 bits per heavy atom. The Morgan fingerprint density at radius 2 is 1.11 bits per heavy atom. The first-order valence-corrected chi connectivity index (χ1v) is 12.0. The second-order valence-corrected chi connectivity index (χ2v) is 9.50. The SMILES string of the molecule is C=C(C)C(=O)OCCCCCCCCCCCCCCCCCC(F)(F)[SiH3]. The van der Waals surface area contributed by atoms with Crippen LogP contribution < -0.4 is 0 Å². The third-order valence-electron chi connectivity index (χ3n) is 4.84. The molecule has 27 heavy (non-hydrogen) atoms. The van der Waals surface area contributed by atoms with Gasteiger partial charge in [-0.25, -0.2) is 13.6 Å². The largest absolute Gasteiger partial charge is 0.462 e. The van der Waals surface area contributed by atoms with Crippen molar-refractivity contribution in [3.63, 3.8) is 0 Å². The molecular formula is C22H42F2O2Si. The Bertz CT molecular complexity index is 381. The van der Waals surface area contributed by atoms with E-state index in [2.05, 4.69) is 6.58 Å². The summed E-state index contributed by atoms with van der Waals surface area (Å²) in [6.07, 6.45) is 17.8. The molecule has 2 nitrogen and oxygen atoms in total. The molecule has 0 aliphatic heterocycles. The fraction of sp³-hybridized carbons (Fsp3) is 0.864. The summed E-state index contributed by atoms with van der Waals surface area (Å²) in [4.78, 5) is 11.2. The van der Waals surface area contributed by atoms with Crippen LogP contribution in [-0.4, -0.2) is 28.4 Å². The van der Waals surface area contributed by atoms with Gasteiger partial charge in [0.25, 0.3) is 0 Å². The molecule has 0 aromatic heterocycles. The van der Waals surface area contributed by atoms with E-state index in [1.165, 1.54) is 64.2 Å². The van der Waals surface area contributed by atoms with E-state index in [9.17, 15) is 13.6 Å². The molecule has 0 aromatic carbocycles. The zero-order chi connectivity index (χ0) is 20.4. The van der Waals surface area contributed by atoms with Crippen molar-refractivity contribution >= 4 is 16.2 Å². The van der Waals surface area contributed by atoms with Crippen molar-refractivity contribution in [1.29, 1.82) is 0 Å². The predicted molar refractivity (Wildman–Crippen MR) is 115 cm³/mol. The molecule has 0 N–H and O–H groups in total. The Labute approximate surface area is 168 Å². The number of halogens is 2. The van der Waals surface area contributed by atoms with Gasteiger partial charge in [0.1, 0.15) is 0 Å². The minimum absolute atomic E-state index is 0.00440. The highest BCUT2D eigenvalue weighted by Gasteiger charge is 2.18. The predicted octanol–water partition coefficient (Wildman–Crippen LogP) is 6.31. The van der Waals surface area contributed by atoms with Crippen molar-refractivity contribution in [2.45, 2.75) is 115 Å². The normalized spacial score (nSPS) is 11.7. The summed E-state index contributed by atoms with van der Waals surface area (Å²) in [5.74, 6) is -0.280. The maximum Gasteiger partial charge on any atom is 0.333 e. The maximum atomic E-state index is 12.7. The monoisotopic (exact) mass is 404 g/mol. The van der Waals surface area contributed by atoms with Gasteiger partial charge in [-0.3, -0.25) is 0 Å². The molecule has 0 heterocycles. The molecule has 0 rings (SSSR count). The molecule has 0 aliphatic carbocycles. The third-order valence-corrected chi connectivity index (χ3v) is 5.34. The lowest BCUT2D eigenvalue weighted by Crippen LogP contribution is -2.14. The van der Waals surface area contributed by atoms with E-state index >= 15 is 0 Å². The van der Waals surface area contributed by atoms with Crippen LogP contribution in [0.25, 0.3) is 0 Å². The van der Waals surface area contributed by atoms with Gasteiger partial charge < -0.3 is 4.74 Å². The van der Waals surface area contributed by atoms with E-state index in [0.29, 0.717) is 18.6 Å². The van der Waals surface area contributed by atoms with Gasteiger partial charge in [-0.05, 0) is 19.8 Å². The lowest BCUT2D eigenvalue weighted by molar-refractivity contribution is -0.139. The van der Waals surface area contributed by atoms with Crippen LogP contribution in [0.1, 0.15) is 110 Å². The number of carbonyl (C=O) groups is 1. The Balaban J connectivity index is 3.11. The van der Waals surface area contributed by atoms with Gasteiger partial charge in [-0.1, -0.05) is 90.0 Å². The topological polar surface area (TPSA) is 26.3 Å². The first-order chi connectivity index (χ1) is 12.8. The van der Waals surface area contributed by atoms with Crippen LogP contribution in [0.3, 0.4) is 0 Å². The van der Waals surface area contributed by atoms with Gasteiger partial charge in [-0.2, -0.15) is 0 Å². The number of hydrogen-bond donors (Lipinski definition) is 0. The number of alkyl halides is 2. The van der Waals surface area contributed by atoms with Gasteiger partial charge in [0.15, 0.2) is 0 Å². The maximum absolute atomic E-state index is 12.7. The van der Waals surface area contributed by atoms with Crippen molar-refractivity contribution in [3.8, 4) is 0 Å². The van der Waals surface area contributed by atoms with E-state index in [1.807, 2.05) is 0 Å². The van der Waals surface area contributed by atoms with Crippen LogP contribution in [0.5, 0.6) is 0 Å². The van der Waals surface area contributed by atoms with Crippen LogP contribution in [0.15, 0.2) is 12.2 Å². The smallest absolute Gasteiger partial charge is 0.333 e. The molecule has 0 radical (unpaired) electrons. The zero-order valence-electron chi connectivity index (χ0n) is 17.8. The molecule has 0 bridgehead atoms. The molecular weight excluding hydrogens is 362 g/mol. The van der Waals surface area contributed by atoms with Crippen LogP contribution in [0.4, 0.5) is 8.78 Å². The van der Waals surface area contributed by atoms with E-state index in [1.54, 1.807) is 6.92 Å². The molecule has 5 heteroatoms. The number of rotatable bonds is 19. The lowest BCUT2D eigenvalue weighted by Gasteiger charge is -2.09. The van der Waals surface area contributed by atoms with Crippen LogP contribution >= 0.6 is 0 Å². The highest BCUT2D eigenvalue weighted by Crippen LogP contribution is 2.18.